The number of alkyl halides is 3. The van der Waals surface area contributed by atoms with Gasteiger partial charge in [-0.3, -0.25) is 4.90 Å². The Morgan fingerprint density at radius 1 is 1.17 bits per heavy atom. The summed E-state index contributed by atoms with van der Waals surface area (Å²) < 4.78 is 47.1. The first-order valence-corrected chi connectivity index (χ1v) is 8.41. The third kappa shape index (κ3) is 4.62. The summed E-state index contributed by atoms with van der Waals surface area (Å²) in [5.74, 6) is 0.241. The van der Waals surface area contributed by atoms with E-state index in [4.69, 9.17) is 4.74 Å². The van der Waals surface area contributed by atoms with Crippen molar-refractivity contribution in [2.24, 2.45) is 5.92 Å². The van der Waals surface area contributed by atoms with Gasteiger partial charge in [0, 0.05) is 45.4 Å². The van der Waals surface area contributed by atoms with E-state index in [9.17, 15) is 13.2 Å². The van der Waals surface area contributed by atoms with Gasteiger partial charge in [-0.25, -0.2) is 0 Å². The molecule has 0 radical (unpaired) electrons. The van der Waals surface area contributed by atoms with Crippen molar-refractivity contribution in [2.45, 2.75) is 25.2 Å². The largest absolute Gasteiger partial charge is 0.573 e. The summed E-state index contributed by atoms with van der Waals surface area (Å²) >= 11 is 0. The Morgan fingerprint density at radius 2 is 1.88 bits per heavy atom. The predicted molar refractivity (Wildman–Crippen MR) is 83.9 cm³/mol. The van der Waals surface area contributed by atoms with E-state index in [0.717, 1.165) is 44.6 Å². The molecule has 0 unspecified atom stereocenters. The highest BCUT2D eigenvalue weighted by Gasteiger charge is 2.33. The van der Waals surface area contributed by atoms with Crippen LogP contribution in [0.1, 0.15) is 24.4 Å². The minimum atomic E-state index is -4.66. The summed E-state index contributed by atoms with van der Waals surface area (Å²) in [6.45, 7) is 5.02. The maximum absolute atomic E-state index is 12.5. The Kier molecular flexibility index (Phi) is 5.63. The number of ether oxygens (including phenoxy) is 2. The Morgan fingerprint density at radius 3 is 2.54 bits per heavy atom. The highest BCUT2D eigenvalue weighted by Crippen LogP contribution is 2.37. The third-order valence-corrected chi connectivity index (χ3v) is 4.69. The van der Waals surface area contributed by atoms with Gasteiger partial charge in [-0.05, 0) is 36.5 Å². The van der Waals surface area contributed by atoms with Crippen molar-refractivity contribution in [1.82, 2.24) is 10.2 Å². The number of rotatable bonds is 4. The van der Waals surface area contributed by atoms with Gasteiger partial charge in [0.15, 0.2) is 0 Å². The van der Waals surface area contributed by atoms with E-state index in [0.29, 0.717) is 19.1 Å². The van der Waals surface area contributed by atoms with Crippen molar-refractivity contribution in [1.29, 1.82) is 0 Å². The zero-order valence-electron chi connectivity index (χ0n) is 13.5. The highest BCUT2D eigenvalue weighted by molar-refractivity contribution is 5.31. The zero-order chi connectivity index (χ0) is 17.0. The van der Waals surface area contributed by atoms with Crippen LogP contribution in [0, 0.1) is 5.92 Å². The molecule has 0 amide bonds. The summed E-state index contributed by atoms with van der Waals surface area (Å²) in [5.41, 5.74) is 0.894. The van der Waals surface area contributed by atoms with Crippen LogP contribution in [0.2, 0.25) is 0 Å². The summed E-state index contributed by atoms with van der Waals surface area (Å²) in [7, 11) is 0. The van der Waals surface area contributed by atoms with Crippen molar-refractivity contribution < 1.29 is 22.6 Å². The van der Waals surface area contributed by atoms with Gasteiger partial charge in [0.25, 0.3) is 0 Å². The van der Waals surface area contributed by atoms with Gasteiger partial charge in [0.2, 0.25) is 0 Å². The summed E-state index contributed by atoms with van der Waals surface area (Å²) in [5, 5.41) is 3.33. The lowest BCUT2D eigenvalue weighted by Gasteiger charge is -2.41. The summed E-state index contributed by atoms with van der Waals surface area (Å²) in [6, 6.07) is 6.55. The van der Waals surface area contributed by atoms with E-state index < -0.39 is 6.36 Å². The second-order valence-corrected chi connectivity index (χ2v) is 6.30. The third-order valence-electron chi connectivity index (χ3n) is 4.69. The normalized spacial score (nSPS) is 22.3. The lowest BCUT2D eigenvalue weighted by molar-refractivity contribution is -0.274. The molecule has 1 aromatic rings. The van der Waals surface area contributed by atoms with Crippen LogP contribution in [0.5, 0.6) is 5.75 Å². The van der Waals surface area contributed by atoms with Crippen molar-refractivity contribution in [3.05, 3.63) is 29.8 Å². The molecule has 2 heterocycles. The molecule has 1 atom stereocenters. The number of nitrogens with zero attached hydrogens (tertiary/aromatic N) is 1. The summed E-state index contributed by atoms with van der Waals surface area (Å²) in [4.78, 5) is 2.37. The van der Waals surface area contributed by atoms with Crippen LogP contribution in [-0.2, 0) is 4.74 Å². The molecule has 24 heavy (non-hydrogen) atoms. The van der Waals surface area contributed by atoms with E-state index in [1.54, 1.807) is 6.07 Å². The topological polar surface area (TPSA) is 33.7 Å². The van der Waals surface area contributed by atoms with Gasteiger partial charge in [-0.15, -0.1) is 13.2 Å². The van der Waals surface area contributed by atoms with Crippen LogP contribution in [0.15, 0.2) is 24.3 Å². The van der Waals surface area contributed by atoms with Crippen LogP contribution in [0.25, 0.3) is 0 Å². The number of halogens is 3. The first kappa shape index (κ1) is 17.5. The molecule has 1 N–H and O–H groups in total. The number of hydrogen-bond acceptors (Lipinski definition) is 4. The molecule has 7 heteroatoms. The maximum Gasteiger partial charge on any atom is 0.573 e. The molecule has 0 aromatic heterocycles. The Bertz CT molecular complexity index is 509. The minimum Gasteiger partial charge on any atom is -0.406 e. The van der Waals surface area contributed by atoms with Crippen LogP contribution in [0.3, 0.4) is 0 Å². The number of nitrogens with one attached hydrogen (secondary N) is 1. The molecule has 2 fully saturated rings. The van der Waals surface area contributed by atoms with Crippen molar-refractivity contribution >= 4 is 0 Å². The number of piperazine rings is 1. The van der Waals surface area contributed by atoms with E-state index in [1.807, 2.05) is 6.07 Å². The number of benzene rings is 1. The van der Waals surface area contributed by atoms with Gasteiger partial charge in [-0.2, -0.15) is 0 Å². The Hall–Kier alpha value is -1.31. The molecule has 2 aliphatic rings. The monoisotopic (exact) mass is 344 g/mol. The SMILES string of the molecule is FC(F)(F)Oc1cccc([C@H](C2CCOCC2)N2CCNCC2)c1. The molecule has 4 nitrogen and oxygen atoms in total. The standard InChI is InChI=1S/C17H23F3N2O2/c18-17(19,20)24-15-3-1-2-14(12-15)16(13-4-10-23-11-5-13)22-8-6-21-7-9-22/h1-3,12-13,16,21H,4-11H2/t16-/m0/s1. The quantitative estimate of drug-likeness (QED) is 0.911. The fraction of sp³-hybridized carbons (Fsp3) is 0.647. The molecule has 0 bridgehead atoms. The summed E-state index contributed by atoms with van der Waals surface area (Å²) in [6.07, 6.45) is -2.81. The lowest BCUT2D eigenvalue weighted by Crippen LogP contribution is -2.47. The molecule has 3 rings (SSSR count). The van der Waals surface area contributed by atoms with Crippen LogP contribution in [-0.4, -0.2) is 50.7 Å². The Balaban J connectivity index is 1.85. The molecule has 134 valence electrons. The molecule has 0 saturated carbocycles. The molecule has 2 aliphatic heterocycles. The second-order valence-electron chi connectivity index (χ2n) is 6.30. The van der Waals surface area contributed by atoms with E-state index >= 15 is 0 Å². The smallest absolute Gasteiger partial charge is 0.406 e. The van der Waals surface area contributed by atoms with Crippen LogP contribution < -0.4 is 10.1 Å². The second kappa shape index (κ2) is 7.72. The van der Waals surface area contributed by atoms with Gasteiger partial charge in [0.1, 0.15) is 5.75 Å². The van der Waals surface area contributed by atoms with Crippen molar-refractivity contribution in [2.75, 3.05) is 39.4 Å². The molecule has 0 aliphatic carbocycles. The van der Waals surface area contributed by atoms with Gasteiger partial charge < -0.3 is 14.8 Å². The van der Waals surface area contributed by atoms with Gasteiger partial charge >= 0.3 is 6.36 Å². The minimum absolute atomic E-state index is 0.104. The van der Waals surface area contributed by atoms with E-state index in [1.165, 1.54) is 12.1 Å². The lowest BCUT2D eigenvalue weighted by atomic mass is 9.85. The Labute approximate surface area is 139 Å². The first-order chi connectivity index (χ1) is 11.5. The van der Waals surface area contributed by atoms with Crippen molar-refractivity contribution in [3.63, 3.8) is 0 Å². The molecule has 1 aromatic carbocycles. The van der Waals surface area contributed by atoms with Crippen LogP contribution >= 0.6 is 0 Å². The van der Waals surface area contributed by atoms with E-state index in [2.05, 4.69) is 15.0 Å². The average Bonchev–Trinajstić information content (AvgIpc) is 2.56. The van der Waals surface area contributed by atoms with Gasteiger partial charge in [-0.1, -0.05) is 12.1 Å². The first-order valence-electron chi connectivity index (χ1n) is 8.41. The fourth-order valence-electron chi connectivity index (χ4n) is 3.67. The van der Waals surface area contributed by atoms with Gasteiger partial charge in [0.05, 0.1) is 0 Å². The predicted octanol–water partition coefficient (Wildman–Crippen LogP) is 2.96. The number of hydrogen-bond donors (Lipinski definition) is 1. The molecular formula is C17H23F3N2O2. The molecule has 0 spiro atoms. The highest BCUT2D eigenvalue weighted by atomic mass is 19.4. The molecular weight excluding hydrogens is 321 g/mol. The maximum atomic E-state index is 12.5. The van der Waals surface area contributed by atoms with Crippen molar-refractivity contribution in [3.8, 4) is 5.75 Å². The average molecular weight is 344 g/mol. The zero-order valence-corrected chi connectivity index (χ0v) is 13.5. The van der Waals surface area contributed by atoms with Crippen LogP contribution in [0.4, 0.5) is 13.2 Å². The molecule has 2 saturated heterocycles. The fourth-order valence-corrected chi connectivity index (χ4v) is 3.67. The van der Waals surface area contributed by atoms with E-state index in [-0.39, 0.29) is 11.8 Å².